The van der Waals surface area contributed by atoms with Crippen LogP contribution in [0.2, 0.25) is 0 Å². The van der Waals surface area contributed by atoms with E-state index in [4.69, 9.17) is 19.8 Å². The van der Waals surface area contributed by atoms with Crippen molar-refractivity contribution >= 4 is 17.8 Å². The second-order valence-corrected chi connectivity index (χ2v) is 6.84. The molecule has 1 amide bonds. The highest BCUT2D eigenvalue weighted by atomic mass is 19.1. The number of hydrogen-bond donors (Lipinski definition) is 2. The summed E-state index contributed by atoms with van der Waals surface area (Å²) in [5.74, 6) is -4.08. The minimum atomic E-state index is -1.82. The zero-order valence-electron chi connectivity index (χ0n) is 16.5. The fourth-order valence-electron chi connectivity index (χ4n) is 3.13. The van der Waals surface area contributed by atoms with Gasteiger partial charge in [0.2, 0.25) is 0 Å². The Morgan fingerprint density at radius 2 is 1.50 bits per heavy atom. The summed E-state index contributed by atoms with van der Waals surface area (Å²) in [6, 6.07) is 16.5. The van der Waals surface area contributed by atoms with Crippen molar-refractivity contribution in [2.24, 2.45) is 0 Å². The SMILES string of the molecule is O=C(O)C(=O)O.O=C(c1cccc(F)c1)N1CCN(CCCc2ccccc2)CC1. The quantitative estimate of drug-likeness (QED) is 0.727. The molecule has 0 bridgehead atoms. The number of halogens is 1. The summed E-state index contributed by atoms with van der Waals surface area (Å²) in [5.41, 5.74) is 1.81. The molecule has 0 unspecified atom stereocenters. The minimum Gasteiger partial charge on any atom is -0.473 e. The van der Waals surface area contributed by atoms with Gasteiger partial charge in [-0.3, -0.25) is 9.69 Å². The molecule has 160 valence electrons. The summed E-state index contributed by atoms with van der Waals surface area (Å²) in [4.78, 5) is 34.8. The van der Waals surface area contributed by atoms with Gasteiger partial charge in [0.1, 0.15) is 5.82 Å². The highest BCUT2D eigenvalue weighted by Gasteiger charge is 2.22. The number of aryl methyl sites for hydroxylation is 1. The topological polar surface area (TPSA) is 98.1 Å². The number of rotatable bonds is 5. The Balaban J connectivity index is 0.000000469. The molecular formula is C22H25FN2O5. The van der Waals surface area contributed by atoms with Crippen LogP contribution in [0.25, 0.3) is 0 Å². The fraction of sp³-hybridized carbons (Fsp3) is 0.318. The van der Waals surface area contributed by atoms with Gasteiger partial charge in [-0.25, -0.2) is 14.0 Å². The second-order valence-electron chi connectivity index (χ2n) is 6.84. The van der Waals surface area contributed by atoms with Crippen molar-refractivity contribution in [1.82, 2.24) is 9.80 Å². The fourth-order valence-corrected chi connectivity index (χ4v) is 3.13. The third-order valence-corrected chi connectivity index (χ3v) is 4.70. The summed E-state index contributed by atoms with van der Waals surface area (Å²) in [7, 11) is 0. The maximum atomic E-state index is 13.3. The van der Waals surface area contributed by atoms with Crippen molar-refractivity contribution in [3.63, 3.8) is 0 Å². The molecule has 7 nitrogen and oxygen atoms in total. The van der Waals surface area contributed by atoms with Crippen LogP contribution < -0.4 is 0 Å². The van der Waals surface area contributed by atoms with Crippen LogP contribution in [-0.2, 0) is 16.0 Å². The molecule has 0 aliphatic carbocycles. The number of carboxylic acids is 2. The lowest BCUT2D eigenvalue weighted by Crippen LogP contribution is -2.48. The van der Waals surface area contributed by atoms with Crippen molar-refractivity contribution in [2.75, 3.05) is 32.7 Å². The van der Waals surface area contributed by atoms with Crippen LogP contribution in [0, 0.1) is 5.82 Å². The Kier molecular flexibility index (Phi) is 8.96. The molecule has 1 saturated heterocycles. The highest BCUT2D eigenvalue weighted by molar-refractivity contribution is 6.27. The minimum absolute atomic E-state index is 0.0709. The van der Waals surface area contributed by atoms with Crippen LogP contribution in [0.1, 0.15) is 22.3 Å². The van der Waals surface area contributed by atoms with Gasteiger partial charge in [-0.1, -0.05) is 36.4 Å². The van der Waals surface area contributed by atoms with E-state index in [1.807, 2.05) is 11.0 Å². The maximum absolute atomic E-state index is 13.3. The first-order valence-corrected chi connectivity index (χ1v) is 9.64. The van der Waals surface area contributed by atoms with E-state index in [0.717, 1.165) is 32.5 Å². The molecular weight excluding hydrogens is 391 g/mol. The number of piperazine rings is 1. The molecule has 30 heavy (non-hydrogen) atoms. The van der Waals surface area contributed by atoms with Gasteiger partial charge in [-0.15, -0.1) is 0 Å². The van der Waals surface area contributed by atoms with Crippen molar-refractivity contribution < 1.29 is 29.0 Å². The maximum Gasteiger partial charge on any atom is 0.414 e. The van der Waals surface area contributed by atoms with Gasteiger partial charge < -0.3 is 15.1 Å². The predicted octanol–water partition coefficient (Wildman–Crippen LogP) is 2.37. The standard InChI is InChI=1S/C20H23FN2O.C2H2O4/c21-19-10-4-9-18(16-19)20(24)23-14-12-22(13-15-23)11-5-8-17-6-2-1-3-7-17;3-1(4)2(5)6/h1-4,6-7,9-10,16H,5,8,11-15H2;(H,3,4)(H,5,6). The molecule has 0 spiro atoms. The molecule has 1 fully saturated rings. The number of hydrogen-bond acceptors (Lipinski definition) is 4. The third-order valence-electron chi connectivity index (χ3n) is 4.70. The van der Waals surface area contributed by atoms with E-state index < -0.39 is 11.9 Å². The molecule has 0 saturated carbocycles. The number of aliphatic carboxylic acids is 2. The molecule has 1 heterocycles. The summed E-state index contributed by atoms with van der Waals surface area (Å²) in [6.45, 7) is 4.24. The van der Waals surface area contributed by atoms with Crippen molar-refractivity contribution in [1.29, 1.82) is 0 Å². The van der Waals surface area contributed by atoms with E-state index >= 15 is 0 Å². The molecule has 0 aromatic heterocycles. The number of carbonyl (C=O) groups is 3. The summed E-state index contributed by atoms with van der Waals surface area (Å²) in [5, 5.41) is 14.8. The van der Waals surface area contributed by atoms with E-state index in [9.17, 15) is 9.18 Å². The van der Waals surface area contributed by atoms with Crippen LogP contribution in [0.5, 0.6) is 0 Å². The van der Waals surface area contributed by atoms with Crippen LogP contribution in [0.4, 0.5) is 4.39 Å². The number of benzene rings is 2. The lowest BCUT2D eigenvalue weighted by atomic mass is 10.1. The number of nitrogens with zero attached hydrogens (tertiary/aromatic N) is 2. The molecule has 2 aromatic rings. The Morgan fingerprint density at radius 1 is 0.867 bits per heavy atom. The molecule has 3 rings (SSSR count). The molecule has 8 heteroatoms. The van der Waals surface area contributed by atoms with E-state index in [1.165, 1.54) is 17.7 Å². The van der Waals surface area contributed by atoms with Crippen molar-refractivity contribution in [3.05, 3.63) is 71.5 Å². The third kappa shape index (κ3) is 7.63. The van der Waals surface area contributed by atoms with Crippen LogP contribution in [-0.4, -0.2) is 70.6 Å². The molecule has 0 radical (unpaired) electrons. The average molecular weight is 416 g/mol. The van der Waals surface area contributed by atoms with Gasteiger partial charge in [0.05, 0.1) is 0 Å². The smallest absolute Gasteiger partial charge is 0.414 e. The van der Waals surface area contributed by atoms with Gasteiger partial charge >= 0.3 is 11.9 Å². The Bertz CT molecular complexity index is 840. The average Bonchev–Trinajstić information content (AvgIpc) is 2.75. The Hall–Kier alpha value is -3.26. The first-order valence-electron chi connectivity index (χ1n) is 9.64. The molecule has 1 aliphatic rings. The normalized spacial score (nSPS) is 13.8. The van der Waals surface area contributed by atoms with Crippen LogP contribution in [0.3, 0.4) is 0 Å². The van der Waals surface area contributed by atoms with Crippen molar-refractivity contribution in [2.45, 2.75) is 12.8 Å². The van der Waals surface area contributed by atoms with Gasteiger partial charge in [0.15, 0.2) is 0 Å². The van der Waals surface area contributed by atoms with E-state index in [0.29, 0.717) is 18.7 Å². The molecule has 2 N–H and O–H groups in total. The first-order chi connectivity index (χ1) is 14.4. The highest BCUT2D eigenvalue weighted by Crippen LogP contribution is 2.11. The number of carbonyl (C=O) groups excluding carboxylic acids is 1. The molecule has 0 atom stereocenters. The first kappa shape index (κ1) is 23.0. The largest absolute Gasteiger partial charge is 0.473 e. The van der Waals surface area contributed by atoms with E-state index in [1.54, 1.807) is 12.1 Å². The summed E-state index contributed by atoms with van der Waals surface area (Å²) >= 11 is 0. The van der Waals surface area contributed by atoms with E-state index in [-0.39, 0.29) is 11.7 Å². The van der Waals surface area contributed by atoms with Crippen molar-refractivity contribution in [3.8, 4) is 0 Å². The van der Waals surface area contributed by atoms with Gasteiger partial charge in [0, 0.05) is 31.7 Å². The van der Waals surface area contributed by atoms with Crippen LogP contribution in [0.15, 0.2) is 54.6 Å². The van der Waals surface area contributed by atoms with Gasteiger partial charge in [0.25, 0.3) is 5.91 Å². The lowest BCUT2D eigenvalue weighted by Gasteiger charge is -2.34. The predicted molar refractivity (Wildman–Crippen MR) is 109 cm³/mol. The molecule has 1 aliphatic heterocycles. The summed E-state index contributed by atoms with van der Waals surface area (Å²) in [6.07, 6.45) is 2.21. The van der Waals surface area contributed by atoms with Crippen LogP contribution >= 0.6 is 0 Å². The molecule has 2 aromatic carbocycles. The van der Waals surface area contributed by atoms with Gasteiger partial charge in [-0.2, -0.15) is 0 Å². The number of amides is 1. The zero-order chi connectivity index (χ0) is 21.9. The Labute approximate surface area is 174 Å². The second kappa shape index (κ2) is 11.7. The van der Waals surface area contributed by atoms with Gasteiger partial charge in [-0.05, 0) is 43.1 Å². The zero-order valence-corrected chi connectivity index (χ0v) is 16.5. The lowest BCUT2D eigenvalue weighted by molar-refractivity contribution is -0.159. The Morgan fingerprint density at radius 3 is 2.07 bits per heavy atom. The number of carboxylic acid groups (broad SMARTS) is 2. The monoisotopic (exact) mass is 416 g/mol. The summed E-state index contributed by atoms with van der Waals surface area (Å²) < 4.78 is 13.3. The van der Waals surface area contributed by atoms with E-state index in [2.05, 4.69) is 29.2 Å².